The Morgan fingerprint density at radius 3 is 2.67 bits per heavy atom. The summed E-state index contributed by atoms with van der Waals surface area (Å²) in [5.74, 6) is -1.10. The summed E-state index contributed by atoms with van der Waals surface area (Å²) >= 11 is 0. The molecule has 0 radical (unpaired) electrons. The van der Waals surface area contributed by atoms with Gasteiger partial charge in [-0.15, -0.1) is 5.10 Å². The number of carbonyl (C=O) groups is 2. The summed E-state index contributed by atoms with van der Waals surface area (Å²) in [6, 6.07) is 0.0815. The highest BCUT2D eigenvalue weighted by Gasteiger charge is 2.34. The van der Waals surface area contributed by atoms with Crippen LogP contribution in [-0.4, -0.2) is 69.3 Å². The average Bonchev–Trinajstić information content (AvgIpc) is 2.88. The number of likely N-dealkylation sites (tertiary alicyclic amines) is 1. The topological polar surface area (TPSA) is 110 Å². The number of amides is 2. The Labute approximate surface area is 120 Å². The number of urea groups is 1. The zero-order chi connectivity index (χ0) is 14.8. The van der Waals surface area contributed by atoms with E-state index in [4.69, 9.17) is 9.84 Å². The zero-order valence-electron chi connectivity index (χ0n) is 11.4. The number of aromatic carboxylic acids is 1. The van der Waals surface area contributed by atoms with Crippen LogP contribution in [0.2, 0.25) is 0 Å². The summed E-state index contributed by atoms with van der Waals surface area (Å²) in [7, 11) is 0. The molecule has 9 nitrogen and oxygen atoms in total. The van der Waals surface area contributed by atoms with Crippen LogP contribution in [0, 0.1) is 0 Å². The van der Waals surface area contributed by atoms with Gasteiger partial charge in [0.1, 0.15) is 0 Å². The van der Waals surface area contributed by atoms with Crippen molar-refractivity contribution in [3.63, 3.8) is 0 Å². The molecule has 2 fully saturated rings. The van der Waals surface area contributed by atoms with Gasteiger partial charge in [-0.2, -0.15) is 0 Å². The van der Waals surface area contributed by atoms with Gasteiger partial charge in [0.05, 0.1) is 12.2 Å². The van der Waals surface area contributed by atoms with E-state index in [2.05, 4.69) is 15.6 Å². The Bertz CT molecular complexity index is 534. The Morgan fingerprint density at radius 1 is 1.33 bits per heavy atom. The van der Waals surface area contributed by atoms with Crippen molar-refractivity contribution in [1.29, 1.82) is 0 Å². The van der Waals surface area contributed by atoms with Crippen molar-refractivity contribution in [2.24, 2.45) is 0 Å². The lowest BCUT2D eigenvalue weighted by molar-refractivity contribution is 0.0687. The molecule has 0 atom stereocenters. The summed E-state index contributed by atoms with van der Waals surface area (Å²) < 4.78 is 6.75. The molecule has 9 heteroatoms. The maximum Gasteiger partial charge on any atom is 0.358 e. The van der Waals surface area contributed by atoms with Crippen LogP contribution >= 0.6 is 0 Å². The Morgan fingerprint density at radius 2 is 2.05 bits per heavy atom. The van der Waals surface area contributed by atoms with E-state index in [1.54, 1.807) is 4.90 Å². The van der Waals surface area contributed by atoms with E-state index in [0.29, 0.717) is 26.3 Å². The second-order valence-corrected chi connectivity index (χ2v) is 5.28. The first kappa shape index (κ1) is 13.8. The van der Waals surface area contributed by atoms with Gasteiger partial charge in [0.25, 0.3) is 0 Å². The van der Waals surface area contributed by atoms with E-state index in [9.17, 15) is 9.59 Å². The minimum atomic E-state index is -1.10. The van der Waals surface area contributed by atoms with Crippen LogP contribution in [0.25, 0.3) is 0 Å². The van der Waals surface area contributed by atoms with Crippen molar-refractivity contribution in [3.8, 4) is 0 Å². The average molecular weight is 295 g/mol. The third-order valence-electron chi connectivity index (χ3n) is 3.80. The number of rotatable bonds is 3. The SMILES string of the molecule is O=C(O)c1cn(C2CN(C(=O)NC3CCOCC3)C2)nn1. The molecule has 1 aromatic heterocycles. The van der Waals surface area contributed by atoms with Crippen LogP contribution in [0.1, 0.15) is 29.4 Å². The summed E-state index contributed by atoms with van der Waals surface area (Å²) in [5.41, 5.74) is -0.0832. The third kappa shape index (κ3) is 2.97. The molecule has 0 aromatic carbocycles. The fourth-order valence-electron chi connectivity index (χ4n) is 2.45. The number of ether oxygens (including phenoxy) is 1. The van der Waals surface area contributed by atoms with E-state index in [1.807, 2.05) is 0 Å². The molecule has 0 saturated carbocycles. The van der Waals surface area contributed by atoms with E-state index in [0.717, 1.165) is 12.8 Å². The summed E-state index contributed by atoms with van der Waals surface area (Å²) in [6.07, 6.45) is 3.07. The molecule has 0 unspecified atom stereocenters. The van der Waals surface area contributed by atoms with Crippen LogP contribution in [0.5, 0.6) is 0 Å². The van der Waals surface area contributed by atoms with Crippen LogP contribution in [0.15, 0.2) is 6.20 Å². The van der Waals surface area contributed by atoms with Crippen molar-refractivity contribution in [2.75, 3.05) is 26.3 Å². The lowest BCUT2D eigenvalue weighted by Crippen LogP contribution is -2.56. The molecule has 2 amide bonds. The molecule has 0 bridgehead atoms. The van der Waals surface area contributed by atoms with Crippen LogP contribution in [0.4, 0.5) is 4.79 Å². The lowest BCUT2D eigenvalue weighted by Gasteiger charge is -2.39. The highest BCUT2D eigenvalue weighted by molar-refractivity contribution is 5.84. The largest absolute Gasteiger partial charge is 0.476 e. The van der Waals surface area contributed by atoms with Gasteiger partial charge in [-0.3, -0.25) is 0 Å². The van der Waals surface area contributed by atoms with Crippen molar-refractivity contribution < 1.29 is 19.4 Å². The minimum Gasteiger partial charge on any atom is -0.476 e. The quantitative estimate of drug-likeness (QED) is 0.794. The normalized spacial score (nSPS) is 20.1. The first-order chi connectivity index (χ1) is 10.1. The monoisotopic (exact) mass is 295 g/mol. The molecule has 2 saturated heterocycles. The number of carboxylic acid groups (broad SMARTS) is 1. The molecular weight excluding hydrogens is 278 g/mol. The van der Waals surface area contributed by atoms with Crippen LogP contribution in [-0.2, 0) is 4.74 Å². The summed E-state index contributed by atoms with van der Waals surface area (Å²) in [4.78, 5) is 24.4. The second-order valence-electron chi connectivity index (χ2n) is 5.28. The maximum atomic E-state index is 12.0. The molecule has 114 valence electrons. The van der Waals surface area contributed by atoms with Gasteiger partial charge in [-0.1, -0.05) is 5.21 Å². The molecule has 3 rings (SSSR count). The molecule has 2 N–H and O–H groups in total. The Kier molecular flexibility index (Phi) is 3.74. The second kappa shape index (κ2) is 5.68. The number of carboxylic acids is 1. The molecule has 3 heterocycles. The van der Waals surface area contributed by atoms with E-state index in [-0.39, 0.29) is 23.8 Å². The van der Waals surface area contributed by atoms with Gasteiger partial charge in [0.15, 0.2) is 5.69 Å². The molecule has 2 aliphatic rings. The van der Waals surface area contributed by atoms with Crippen molar-refractivity contribution in [1.82, 2.24) is 25.2 Å². The number of nitrogens with one attached hydrogen (secondary N) is 1. The molecule has 0 spiro atoms. The van der Waals surface area contributed by atoms with Gasteiger partial charge >= 0.3 is 12.0 Å². The minimum absolute atomic E-state index is 0.00830. The van der Waals surface area contributed by atoms with Crippen molar-refractivity contribution >= 4 is 12.0 Å². The van der Waals surface area contributed by atoms with Gasteiger partial charge in [-0.05, 0) is 12.8 Å². The summed E-state index contributed by atoms with van der Waals surface area (Å²) in [5, 5.41) is 19.1. The highest BCUT2D eigenvalue weighted by atomic mass is 16.5. The van der Waals surface area contributed by atoms with E-state index >= 15 is 0 Å². The van der Waals surface area contributed by atoms with Gasteiger partial charge in [-0.25, -0.2) is 14.3 Å². The van der Waals surface area contributed by atoms with Crippen molar-refractivity contribution in [2.45, 2.75) is 24.9 Å². The molecule has 1 aromatic rings. The van der Waals surface area contributed by atoms with Crippen LogP contribution in [0.3, 0.4) is 0 Å². The predicted octanol–water partition coefficient (Wildman–Crippen LogP) is -0.278. The fourth-order valence-corrected chi connectivity index (χ4v) is 2.45. The number of aromatic nitrogens is 3. The molecular formula is C12H17N5O4. The van der Waals surface area contributed by atoms with E-state index in [1.165, 1.54) is 10.9 Å². The number of hydrogen-bond donors (Lipinski definition) is 2. The zero-order valence-corrected chi connectivity index (χ0v) is 11.4. The molecule has 21 heavy (non-hydrogen) atoms. The molecule has 2 aliphatic heterocycles. The third-order valence-corrected chi connectivity index (χ3v) is 3.80. The Balaban J connectivity index is 1.48. The Hall–Kier alpha value is -2.16. The van der Waals surface area contributed by atoms with E-state index < -0.39 is 5.97 Å². The number of nitrogens with zero attached hydrogens (tertiary/aromatic N) is 4. The standard InChI is InChI=1S/C12H17N5O4/c18-11(19)10-7-17(15-14-10)9-5-16(6-9)12(20)13-8-1-3-21-4-2-8/h7-9H,1-6H2,(H,13,20)(H,18,19). The maximum absolute atomic E-state index is 12.0. The number of carbonyl (C=O) groups excluding carboxylic acids is 1. The van der Waals surface area contributed by atoms with Gasteiger partial charge < -0.3 is 20.1 Å². The first-order valence-corrected chi connectivity index (χ1v) is 6.92. The smallest absolute Gasteiger partial charge is 0.358 e. The van der Waals surface area contributed by atoms with Crippen LogP contribution < -0.4 is 5.32 Å². The fraction of sp³-hybridized carbons (Fsp3) is 0.667. The lowest BCUT2D eigenvalue weighted by atomic mass is 10.1. The number of hydrogen-bond acceptors (Lipinski definition) is 5. The van der Waals surface area contributed by atoms with Crippen molar-refractivity contribution in [3.05, 3.63) is 11.9 Å². The predicted molar refractivity (Wildman–Crippen MR) is 70.0 cm³/mol. The van der Waals surface area contributed by atoms with Gasteiger partial charge in [0.2, 0.25) is 0 Å². The molecule has 0 aliphatic carbocycles. The first-order valence-electron chi connectivity index (χ1n) is 6.92. The van der Waals surface area contributed by atoms with Gasteiger partial charge in [0, 0.05) is 32.3 Å². The highest BCUT2D eigenvalue weighted by Crippen LogP contribution is 2.20. The summed E-state index contributed by atoms with van der Waals surface area (Å²) in [6.45, 7) is 2.39.